The zero-order valence-electron chi connectivity index (χ0n) is 67.6. The maximum absolute atomic E-state index is 4.46. The molecule has 14 heterocycles. The molecular weight excluding hydrogens is 1390 g/mol. The molecule has 14 nitrogen and oxygen atoms in total. The van der Waals surface area contributed by atoms with Gasteiger partial charge in [-0.05, 0) is 191 Å². The number of rotatable bonds is 15. The first-order valence-electron chi connectivity index (χ1n) is 41.4. The maximum atomic E-state index is 4.46. The number of likely N-dealkylation sites (N-methyl/N-ethyl adjacent to an activating group) is 4. The van der Waals surface area contributed by atoms with Crippen molar-refractivity contribution in [2.45, 2.75) is 156 Å². The predicted octanol–water partition coefficient (Wildman–Crippen LogP) is 18.1. The van der Waals surface area contributed by atoms with Crippen molar-refractivity contribution in [3.63, 3.8) is 0 Å². The smallest absolute Gasteiger partial charge is 0.0486 e. The second-order valence-corrected chi connectivity index (χ2v) is 32.9. The monoisotopic (exact) mass is 1500 g/mol. The van der Waals surface area contributed by atoms with E-state index in [1.165, 1.54) is 133 Å². The van der Waals surface area contributed by atoms with Crippen LogP contribution < -0.4 is 0 Å². The molecule has 0 unspecified atom stereocenters. The number of para-hydroxylation sites is 5. The summed E-state index contributed by atoms with van der Waals surface area (Å²) in [6, 6.07) is 73.9. The standard InChI is InChI=1S/C22H27N3.C20H22N2.3C19H21N3/c1-22(2,3)24-13-11-21-19(16-24)18-8-4-5-9-20(18)25(21)14-10-17-7-6-12-23-15-17;1-21-13-12-20-18(15-21)17-9-5-6-10-19(17)22(20)14-11-16-7-3-2-4-8-16;1-21-12-10-19-17(14-21)16-7-2-3-8-18(16)22(19)13-9-15-6-4-5-11-20-15;1-21-11-9-19-17(14-21)16-6-2-3-7-18(16)22(19)12-8-15-5-4-10-20-13-15;1-21-12-9-19-17(14-21)16-4-2-3-5-18(16)22(19)13-8-15-6-10-20-11-7-15/h4-9,12,15H,10-11,13-14,16H2,1-3H3;2-10H,11-15H2,1H3;2-8,11H,9-10,12-14H2,1H3;2-7,10,13H,8-9,11-12,14H2,1H3;2-7,10-11H,8-9,12-14H2,1H3. The van der Waals surface area contributed by atoms with Gasteiger partial charge in [-0.1, -0.05) is 140 Å². The summed E-state index contributed by atoms with van der Waals surface area (Å²) in [5, 5.41) is 7.15. The van der Waals surface area contributed by atoms with Gasteiger partial charge in [-0.25, -0.2) is 0 Å². The van der Waals surface area contributed by atoms with Gasteiger partial charge >= 0.3 is 0 Å². The molecule has 0 saturated carbocycles. The highest BCUT2D eigenvalue weighted by atomic mass is 15.2. The fourth-order valence-electron chi connectivity index (χ4n) is 18.4. The minimum Gasteiger partial charge on any atom is -0.344 e. The van der Waals surface area contributed by atoms with Gasteiger partial charge in [0.2, 0.25) is 0 Å². The lowest BCUT2D eigenvalue weighted by Gasteiger charge is -2.38. The summed E-state index contributed by atoms with van der Waals surface area (Å²) >= 11 is 0. The van der Waals surface area contributed by atoms with Crippen molar-refractivity contribution in [1.29, 1.82) is 0 Å². The van der Waals surface area contributed by atoms with Crippen LogP contribution in [0.15, 0.2) is 250 Å². The lowest BCUT2D eigenvalue weighted by molar-refractivity contribution is 0.120. The molecule has 0 N–H and O–H groups in total. The van der Waals surface area contributed by atoms with Gasteiger partial charge in [0.1, 0.15) is 0 Å². The van der Waals surface area contributed by atoms with E-state index in [1.54, 1.807) is 5.69 Å². The van der Waals surface area contributed by atoms with E-state index in [0.29, 0.717) is 0 Å². The Kier molecular flexibility index (Phi) is 23.8. The molecule has 9 aromatic heterocycles. The molecule has 14 heteroatoms. The number of benzene rings is 6. The molecular formula is C99H112N14. The summed E-state index contributed by atoms with van der Waals surface area (Å²) in [7, 11) is 8.86. The Morgan fingerprint density at radius 2 is 0.584 bits per heavy atom. The predicted molar refractivity (Wildman–Crippen MR) is 466 cm³/mol. The van der Waals surface area contributed by atoms with Crippen molar-refractivity contribution in [2.75, 3.05) is 60.9 Å². The third-order valence-electron chi connectivity index (χ3n) is 24.4. The number of aryl methyl sites for hydroxylation is 10. The minimum absolute atomic E-state index is 0.219. The first-order chi connectivity index (χ1) is 55.3. The highest BCUT2D eigenvalue weighted by Crippen LogP contribution is 2.37. The normalized spacial score (nSPS) is 15.2. The van der Waals surface area contributed by atoms with Gasteiger partial charge in [0.25, 0.3) is 0 Å². The second kappa shape index (κ2) is 35.2. The molecule has 0 spiro atoms. The van der Waals surface area contributed by atoms with Crippen molar-refractivity contribution in [1.82, 2.24) is 67.3 Å². The van der Waals surface area contributed by atoms with E-state index >= 15 is 0 Å². The zero-order valence-corrected chi connectivity index (χ0v) is 67.6. The first kappa shape index (κ1) is 76.4. The highest BCUT2D eigenvalue weighted by Gasteiger charge is 2.31. The molecule has 0 bridgehead atoms. The third kappa shape index (κ3) is 17.3. The molecule has 578 valence electrons. The molecule has 0 fully saturated rings. The Morgan fingerprint density at radius 3 is 0.929 bits per heavy atom. The van der Waals surface area contributed by atoms with Gasteiger partial charge in [-0.2, -0.15) is 0 Å². The molecule has 0 radical (unpaired) electrons. The fraction of sp³-hybridized carbons (Fsp3) is 0.333. The van der Waals surface area contributed by atoms with Gasteiger partial charge in [-0.3, -0.25) is 24.8 Å². The number of nitrogens with zero attached hydrogens (tertiary/aromatic N) is 14. The van der Waals surface area contributed by atoms with Crippen LogP contribution in [0, 0.1) is 0 Å². The number of pyridine rings is 4. The summed E-state index contributed by atoms with van der Waals surface area (Å²) in [6.07, 6.45) is 24.2. The summed E-state index contributed by atoms with van der Waals surface area (Å²) in [6.45, 7) is 23.2. The molecule has 5 aliphatic rings. The summed E-state index contributed by atoms with van der Waals surface area (Å²) in [5.41, 5.74) is 29.0. The lowest BCUT2D eigenvalue weighted by atomic mass is 9.98. The zero-order chi connectivity index (χ0) is 77.2. The van der Waals surface area contributed by atoms with Crippen LogP contribution in [0.5, 0.6) is 0 Å². The van der Waals surface area contributed by atoms with Crippen LogP contribution in [-0.2, 0) is 130 Å². The van der Waals surface area contributed by atoms with Crippen LogP contribution in [0.1, 0.15) is 105 Å². The van der Waals surface area contributed by atoms with Crippen molar-refractivity contribution < 1.29 is 0 Å². The number of aromatic nitrogens is 9. The molecule has 0 amide bonds. The minimum atomic E-state index is 0.219. The third-order valence-corrected chi connectivity index (χ3v) is 24.4. The van der Waals surface area contributed by atoms with Crippen LogP contribution >= 0.6 is 0 Å². The van der Waals surface area contributed by atoms with Gasteiger partial charge in [0.15, 0.2) is 0 Å². The largest absolute Gasteiger partial charge is 0.344 e. The van der Waals surface area contributed by atoms with Gasteiger partial charge in [0, 0.05) is 274 Å². The van der Waals surface area contributed by atoms with Crippen molar-refractivity contribution in [2.24, 2.45) is 0 Å². The van der Waals surface area contributed by atoms with Crippen LogP contribution in [0.25, 0.3) is 54.5 Å². The maximum Gasteiger partial charge on any atom is 0.0486 e. The van der Waals surface area contributed by atoms with Crippen molar-refractivity contribution in [3.05, 3.63) is 334 Å². The molecule has 0 atom stereocenters. The Morgan fingerprint density at radius 1 is 0.274 bits per heavy atom. The number of hydrogen-bond donors (Lipinski definition) is 0. The Labute approximate surface area is 668 Å². The van der Waals surface area contributed by atoms with Crippen molar-refractivity contribution in [3.8, 4) is 0 Å². The summed E-state index contributed by atoms with van der Waals surface area (Å²) in [4.78, 5) is 29.3. The average Bonchev–Trinajstić information content (AvgIpc) is 1.63. The average molecular weight is 1500 g/mol. The van der Waals surface area contributed by atoms with E-state index in [1.807, 2.05) is 61.6 Å². The second-order valence-electron chi connectivity index (χ2n) is 32.9. The topological polar surface area (TPSA) is 92.4 Å². The highest BCUT2D eigenvalue weighted by molar-refractivity contribution is 5.89. The van der Waals surface area contributed by atoms with Gasteiger partial charge < -0.3 is 42.4 Å². The van der Waals surface area contributed by atoms with Crippen LogP contribution in [0.3, 0.4) is 0 Å². The number of fused-ring (bicyclic) bond motifs is 15. The molecule has 0 saturated heterocycles. The van der Waals surface area contributed by atoms with Crippen LogP contribution in [-0.4, -0.2) is 134 Å². The molecule has 20 rings (SSSR count). The van der Waals surface area contributed by atoms with Gasteiger partial charge in [-0.15, -0.1) is 0 Å². The first-order valence-corrected chi connectivity index (χ1v) is 41.4. The Bertz CT molecular complexity index is 5100. The molecule has 0 aliphatic carbocycles. The van der Waals surface area contributed by atoms with E-state index in [-0.39, 0.29) is 5.54 Å². The summed E-state index contributed by atoms with van der Waals surface area (Å²) < 4.78 is 12.7. The van der Waals surface area contributed by atoms with Crippen LogP contribution in [0.4, 0.5) is 0 Å². The Balaban J connectivity index is 0.000000107. The van der Waals surface area contributed by atoms with Crippen LogP contribution in [0.2, 0.25) is 0 Å². The van der Waals surface area contributed by atoms with Crippen molar-refractivity contribution >= 4 is 54.5 Å². The van der Waals surface area contributed by atoms with Gasteiger partial charge in [0.05, 0.1) is 0 Å². The van der Waals surface area contributed by atoms with E-state index in [4.69, 9.17) is 0 Å². The molecule has 6 aromatic carbocycles. The summed E-state index contributed by atoms with van der Waals surface area (Å²) in [5.74, 6) is 0. The molecule has 113 heavy (non-hydrogen) atoms. The fourth-order valence-corrected chi connectivity index (χ4v) is 18.4. The quantitative estimate of drug-likeness (QED) is 0.0995. The van der Waals surface area contributed by atoms with E-state index < -0.39 is 0 Å². The Hall–Kier alpha value is -10.6. The lowest BCUT2D eigenvalue weighted by Crippen LogP contribution is -2.44. The van der Waals surface area contributed by atoms with E-state index in [9.17, 15) is 0 Å². The van der Waals surface area contributed by atoms with E-state index in [2.05, 4.69) is 304 Å². The molecule has 5 aliphatic heterocycles. The number of hydrogen-bond acceptors (Lipinski definition) is 9. The van der Waals surface area contributed by atoms with E-state index in [0.717, 1.165) is 162 Å². The SMILES string of the molecule is CC(C)(C)N1CCc2c(c3ccccc3n2CCc2cccnc2)C1.CN1CCc2c(c3ccccc3n2CCc2ccccc2)C1.CN1CCc2c(c3ccccc3n2CCc2ccccn2)C1.CN1CCc2c(c3ccccc3n2CCc2cccnc2)C1.CN1CCc2c(c3ccccc3n2CCc2ccncc2)C1. The molecule has 15 aromatic rings.